The van der Waals surface area contributed by atoms with Gasteiger partial charge < -0.3 is 5.32 Å². The summed E-state index contributed by atoms with van der Waals surface area (Å²) in [4.78, 5) is 8.45. The van der Waals surface area contributed by atoms with Gasteiger partial charge in [0.1, 0.15) is 0 Å². The van der Waals surface area contributed by atoms with E-state index in [1.54, 1.807) is 18.6 Å². The minimum Gasteiger partial charge on any atom is -0.309 e. The number of rotatable bonds is 3. The molecule has 100 valence electrons. The van der Waals surface area contributed by atoms with Crippen molar-refractivity contribution in [1.29, 1.82) is 0 Å². The molecule has 3 nitrogen and oxygen atoms in total. The van der Waals surface area contributed by atoms with E-state index in [9.17, 15) is 0 Å². The van der Waals surface area contributed by atoms with Gasteiger partial charge in [0.2, 0.25) is 0 Å². The van der Waals surface area contributed by atoms with Gasteiger partial charge in [-0.25, -0.2) is 0 Å². The van der Waals surface area contributed by atoms with Gasteiger partial charge in [0, 0.05) is 24.0 Å². The van der Waals surface area contributed by atoms with Gasteiger partial charge in [-0.1, -0.05) is 29.8 Å². The minimum atomic E-state index is 0.0124. The predicted molar refractivity (Wildman–Crippen MR) is 81.9 cm³/mol. The van der Waals surface area contributed by atoms with Crippen LogP contribution in [0.3, 0.4) is 0 Å². The molecule has 3 rings (SSSR count). The lowest BCUT2D eigenvalue weighted by Gasteiger charge is -2.19. The third-order valence-corrected chi connectivity index (χ3v) is 3.71. The Morgan fingerprint density at radius 2 is 1.95 bits per heavy atom. The Morgan fingerprint density at radius 1 is 1.05 bits per heavy atom. The second-order valence-corrected chi connectivity index (χ2v) is 4.94. The van der Waals surface area contributed by atoms with E-state index in [1.807, 2.05) is 31.3 Å². The van der Waals surface area contributed by atoms with Crippen LogP contribution in [0.15, 0.2) is 55.0 Å². The Labute approximate surface area is 122 Å². The molecule has 1 aromatic carbocycles. The third-order valence-electron chi connectivity index (χ3n) is 3.39. The maximum absolute atomic E-state index is 6.28. The van der Waals surface area contributed by atoms with Gasteiger partial charge in [0.15, 0.2) is 0 Å². The summed E-state index contributed by atoms with van der Waals surface area (Å²) in [7, 11) is 1.93. The molecule has 2 heterocycles. The van der Waals surface area contributed by atoms with Crippen LogP contribution in [0, 0.1) is 0 Å². The molecule has 0 amide bonds. The van der Waals surface area contributed by atoms with E-state index >= 15 is 0 Å². The molecule has 2 aromatic heterocycles. The molecule has 3 aromatic rings. The number of hydrogen-bond acceptors (Lipinski definition) is 3. The number of nitrogens with zero attached hydrogens (tertiary/aromatic N) is 2. The highest BCUT2D eigenvalue weighted by molar-refractivity contribution is 6.31. The molecule has 1 unspecified atom stereocenters. The Balaban J connectivity index is 2.20. The highest BCUT2D eigenvalue weighted by atomic mass is 35.5. The molecule has 0 aliphatic rings. The van der Waals surface area contributed by atoms with Gasteiger partial charge in [-0.2, -0.15) is 0 Å². The third kappa shape index (κ3) is 2.26. The van der Waals surface area contributed by atoms with Crippen LogP contribution < -0.4 is 5.32 Å². The fourth-order valence-electron chi connectivity index (χ4n) is 2.48. The second kappa shape index (κ2) is 5.57. The summed E-state index contributed by atoms with van der Waals surface area (Å²) >= 11 is 6.28. The van der Waals surface area contributed by atoms with Crippen molar-refractivity contribution in [2.45, 2.75) is 6.04 Å². The second-order valence-electron chi connectivity index (χ2n) is 4.54. The zero-order valence-electron chi connectivity index (χ0n) is 11.0. The summed E-state index contributed by atoms with van der Waals surface area (Å²) in [5.41, 5.74) is 3.15. The molecular formula is C16H14ClN3. The molecule has 0 aliphatic heterocycles. The summed E-state index contributed by atoms with van der Waals surface area (Å²) in [5.74, 6) is 0. The molecule has 0 saturated carbocycles. The topological polar surface area (TPSA) is 37.8 Å². The standard InChI is InChI=1S/C16H14ClN3/c1-18-16(13-7-9-19-10-14(13)17)12-4-2-6-15-11(12)5-3-8-20-15/h2-10,16,18H,1H3. The molecule has 0 aliphatic carbocycles. The van der Waals surface area contributed by atoms with Crippen molar-refractivity contribution in [3.63, 3.8) is 0 Å². The molecule has 20 heavy (non-hydrogen) atoms. The molecule has 0 saturated heterocycles. The van der Waals surface area contributed by atoms with E-state index in [4.69, 9.17) is 11.6 Å². The summed E-state index contributed by atoms with van der Waals surface area (Å²) in [6.45, 7) is 0. The summed E-state index contributed by atoms with van der Waals surface area (Å²) in [5, 5.41) is 5.11. The smallest absolute Gasteiger partial charge is 0.0705 e. The van der Waals surface area contributed by atoms with Crippen molar-refractivity contribution in [3.8, 4) is 0 Å². The lowest BCUT2D eigenvalue weighted by Crippen LogP contribution is -2.18. The van der Waals surface area contributed by atoms with Crippen LogP contribution in [0.25, 0.3) is 10.9 Å². The zero-order chi connectivity index (χ0) is 13.9. The van der Waals surface area contributed by atoms with Crippen LogP contribution in [-0.2, 0) is 0 Å². The Kier molecular flexibility index (Phi) is 3.63. The quantitative estimate of drug-likeness (QED) is 0.798. The van der Waals surface area contributed by atoms with Crippen LogP contribution in [0.4, 0.5) is 0 Å². The summed E-state index contributed by atoms with van der Waals surface area (Å²) in [6.07, 6.45) is 5.24. The van der Waals surface area contributed by atoms with Crippen LogP contribution in [-0.4, -0.2) is 17.0 Å². The first-order valence-corrected chi connectivity index (χ1v) is 6.79. The molecule has 0 spiro atoms. The summed E-state index contributed by atoms with van der Waals surface area (Å²) < 4.78 is 0. The largest absolute Gasteiger partial charge is 0.309 e. The number of halogens is 1. The van der Waals surface area contributed by atoms with Crippen molar-refractivity contribution in [2.24, 2.45) is 0 Å². The van der Waals surface area contributed by atoms with E-state index in [0.717, 1.165) is 22.0 Å². The number of pyridine rings is 2. The van der Waals surface area contributed by atoms with Gasteiger partial charge in [-0.15, -0.1) is 0 Å². The lowest BCUT2D eigenvalue weighted by molar-refractivity contribution is 0.696. The average molecular weight is 284 g/mol. The van der Waals surface area contributed by atoms with Crippen molar-refractivity contribution >= 4 is 22.5 Å². The van der Waals surface area contributed by atoms with E-state index in [0.29, 0.717) is 5.02 Å². The van der Waals surface area contributed by atoms with Crippen LogP contribution in [0.5, 0.6) is 0 Å². The summed E-state index contributed by atoms with van der Waals surface area (Å²) in [6, 6.07) is 12.1. The number of aromatic nitrogens is 2. The first-order chi connectivity index (χ1) is 9.81. The lowest BCUT2D eigenvalue weighted by atomic mass is 9.96. The Bertz CT molecular complexity index is 737. The fraction of sp³-hybridized carbons (Fsp3) is 0.125. The van der Waals surface area contributed by atoms with Gasteiger partial charge in [-0.05, 0) is 36.4 Å². The van der Waals surface area contributed by atoms with Gasteiger partial charge in [-0.3, -0.25) is 9.97 Å². The molecule has 0 bridgehead atoms. The minimum absolute atomic E-state index is 0.0124. The molecule has 1 atom stereocenters. The SMILES string of the molecule is CNC(c1ccncc1Cl)c1cccc2ncccc12. The van der Waals surface area contributed by atoms with E-state index in [-0.39, 0.29) is 6.04 Å². The van der Waals surface area contributed by atoms with Gasteiger partial charge >= 0.3 is 0 Å². The molecule has 0 fully saturated rings. The molecule has 4 heteroatoms. The highest BCUT2D eigenvalue weighted by Crippen LogP contribution is 2.31. The first-order valence-electron chi connectivity index (χ1n) is 6.41. The van der Waals surface area contributed by atoms with Gasteiger partial charge in [0.25, 0.3) is 0 Å². The monoisotopic (exact) mass is 283 g/mol. The molecule has 0 radical (unpaired) electrons. The van der Waals surface area contributed by atoms with E-state index in [1.165, 1.54) is 0 Å². The normalized spacial score (nSPS) is 12.5. The number of fused-ring (bicyclic) bond motifs is 1. The van der Waals surface area contributed by atoms with Crippen LogP contribution >= 0.6 is 11.6 Å². The zero-order valence-corrected chi connectivity index (χ0v) is 11.8. The maximum atomic E-state index is 6.28. The molecular weight excluding hydrogens is 270 g/mol. The fourth-order valence-corrected chi connectivity index (χ4v) is 2.71. The van der Waals surface area contributed by atoms with Crippen molar-refractivity contribution in [2.75, 3.05) is 7.05 Å². The number of benzene rings is 1. The van der Waals surface area contributed by atoms with Crippen LogP contribution in [0.1, 0.15) is 17.2 Å². The number of hydrogen-bond donors (Lipinski definition) is 1. The van der Waals surface area contributed by atoms with Gasteiger partial charge in [0.05, 0.1) is 16.6 Å². The van der Waals surface area contributed by atoms with Crippen LogP contribution in [0.2, 0.25) is 5.02 Å². The van der Waals surface area contributed by atoms with E-state index in [2.05, 4.69) is 27.4 Å². The maximum Gasteiger partial charge on any atom is 0.0705 e. The number of nitrogens with one attached hydrogen (secondary N) is 1. The Morgan fingerprint density at radius 3 is 2.75 bits per heavy atom. The first kappa shape index (κ1) is 13.0. The molecule has 1 N–H and O–H groups in total. The van der Waals surface area contributed by atoms with Crippen molar-refractivity contribution in [3.05, 3.63) is 71.1 Å². The Hall–Kier alpha value is -1.97. The van der Waals surface area contributed by atoms with E-state index < -0.39 is 0 Å². The average Bonchev–Trinajstić information content (AvgIpc) is 2.50. The highest BCUT2D eigenvalue weighted by Gasteiger charge is 2.17. The van der Waals surface area contributed by atoms with Crippen molar-refractivity contribution in [1.82, 2.24) is 15.3 Å². The predicted octanol–water partition coefficient (Wildman–Crippen LogP) is 3.59. The van der Waals surface area contributed by atoms with Crippen molar-refractivity contribution < 1.29 is 0 Å².